The molecule has 0 bridgehead atoms. The minimum absolute atomic E-state index is 0.930. The molecule has 0 unspecified atom stereocenters. The van der Waals surface area contributed by atoms with Crippen molar-refractivity contribution >= 4 is 5.69 Å². The summed E-state index contributed by atoms with van der Waals surface area (Å²) in [7, 11) is 4.11. The van der Waals surface area contributed by atoms with Crippen LogP contribution in [-0.4, -0.2) is 23.6 Å². The van der Waals surface area contributed by atoms with Crippen molar-refractivity contribution in [2.45, 2.75) is 0 Å². The van der Waals surface area contributed by atoms with Gasteiger partial charge in [-0.15, -0.1) is 0 Å². The minimum atomic E-state index is 0.930. The molecule has 4 aromatic carbocycles. The number of hydrogen-bond donors (Lipinski definition) is 0. The van der Waals surface area contributed by atoms with Gasteiger partial charge in [0.1, 0.15) is 5.82 Å². The van der Waals surface area contributed by atoms with Crippen molar-refractivity contribution in [2.75, 3.05) is 19.0 Å². The topological polar surface area (TPSA) is 21.1 Å². The van der Waals surface area contributed by atoms with Gasteiger partial charge in [0.25, 0.3) is 0 Å². The van der Waals surface area contributed by atoms with Crippen molar-refractivity contribution in [1.82, 2.24) is 9.55 Å². The molecule has 0 atom stereocenters. The second-order valence-electron chi connectivity index (χ2n) is 7.98. The Kier molecular flexibility index (Phi) is 5.30. The largest absolute Gasteiger partial charge is 0.378 e. The Morgan fingerprint density at radius 3 is 1.66 bits per heavy atom. The Morgan fingerprint density at radius 2 is 1.09 bits per heavy atom. The zero-order valence-corrected chi connectivity index (χ0v) is 18.3. The van der Waals surface area contributed by atoms with E-state index in [9.17, 15) is 0 Å². The summed E-state index contributed by atoms with van der Waals surface area (Å²) >= 11 is 0. The molecule has 3 heteroatoms. The first-order valence-electron chi connectivity index (χ1n) is 10.8. The summed E-state index contributed by atoms with van der Waals surface area (Å²) in [6, 6.07) is 40.0. The van der Waals surface area contributed by atoms with E-state index < -0.39 is 0 Å². The van der Waals surface area contributed by atoms with Crippen molar-refractivity contribution in [3.63, 3.8) is 0 Å². The van der Waals surface area contributed by atoms with Crippen molar-refractivity contribution in [2.24, 2.45) is 0 Å². The van der Waals surface area contributed by atoms with Crippen LogP contribution in [0.1, 0.15) is 0 Å². The molecule has 3 nitrogen and oxygen atoms in total. The first-order valence-corrected chi connectivity index (χ1v) is 10.8. The molecule has 1 heterocycles. The Bertz CT molecular complexity index is 1300. The van der Waals surface area contributed by atoms with Crippen molar-refractivity contribution in [3.8, 4) is 39.6 Å². The maximum Gasteiger partial charge on any atom is 0.145 e. The number of anilines is 1. The first kappa shape index (κ1) is 19.8. The van der Waals surface area contributed by atoms with Gasteiger partial charge in [-0.05, 0) is 36.4 Å². The molecular weight excluding hydrogens is 390 g/mol. The predicted octanol–water partition coefficient (Wildman–Crippen LogP) is 6.94. The number of para-hydroxylation sites is 1. The van der Waals surface area contributed by atoms with Gasteiger partial charge in [0, 0.05) is 42.2 Å². The van der Waals surface area contributed by atoms with Crippen LogP contribution in [0.25, 0.3) is 39.6 Å². The molecule has 5 rings (SSSR count). The van der Waals surface area contributed by atoms with Gasteiger partial charge < -0.3 is 4.90 Å². The molecule has 0 radical (unpaired) electrons. The second-order valence-corrected chi connectivity index (χ2v) is 7.98. The average Bonchev–Trinajstić information content (AvgIpc) is 3.26. The van der Waals surface area contributed by atoms with Crippen molar-refractivity contribution in [3.05, 3.63) is 115 Å². The van der Waals surface area contributed by atoms with Gasteiger partial charge in [-0.3, -0.25) is 4.57 Å². The molecule has 0 aliphatic heterocycles. The number of rotatable bonds is 5. The van der Waals surface area contributed by atoms with Crippen LogP contribution in [0.2, 0.25) is 0 Å². The van der Waals surface area contributed by atoms with Crippen LogP contribution in [-0.2, 0) is 0 Å². The third-order valence-corrected chi connectivity index (χ3v) is 5.63. The molecule has 0 aliphatic carbocycles. The quantitative estimate of drug-likeness (QED) is 0.310. The van der Waals surface area contributed by atoms with E-state index in [2.05, 4.69) is 127 Å². The molecule has 0 saturated carbocycles. The fourth-order valence-corrected chi connectivity index (χ4v) is 4.01. The summed E-state index contributed by atoms with van der Waals surface area (Å²) < 4.78 is 2.28. The Hall–Kier alpha value is -4.11. The zero-order valence-electron chi connectivity index (χ0n) is 18.3. The second kappa shape index (κ2) is 8.56. The fourth-order valence-electron chi connectivity index (χ4n) is 4.01. The average molecular weight is 416 g/mol. The number of benzene rings is 4. The first-order chi connectivity index (χ1) is 15.7. The highest BCUT2D eigenvalue weighted by Gasteiger charge is 2.22. The summed E-state index contributed by atoms with van der Waals surface area (Å²) in [5.74, 6) is 0.930. The Morgan fingerprint density at radius 1 is 0.562 bits per heavy atom. The fraction of sp³-hybridized carbons (Fsp3) is 0.0690. The van der Waals surface area contributed by atoms with Crippen LogP contribution in [0, 0.1) is 0 Å². The lowest BCUT2D eigenvalue weighted by Crippen LogP contribution is -2.08. The maximum absolute atomic E-state index is 5.23. The molecule has 156 valence electrons. The lowest BCUT2D eigenvalue weighted by molar-refractivity contribution is 1.07. The van der Waals surface area contributed by atoms with Crippen LogP contribution in [0.4, 0.5) is 5.69 Å². The molecule has 1 aromatic heterocycles. The van der Waals surface area contributed by atoms with E-state index in [-0.39, 0.29) is 0 Å². The van der Waals surface area contributed by atoms with Crippen LogP contribution >= 0.6 is 0 Å². The smallest absolute Gasteiger partial charge is 0.145 e. The molecule has 0 N–H and O–H groups in total. The van der Waals surface area contributed by atoms with E-state index in [1.165, 1.54) is 0 Å². The van der Waals surface area contributed by atoms with Crippen LogP contribution in [0.3, 0.4) is 0 Å². The van der Waals surface area contributed by atoms with Gasteiger partial charge in [-0.25, -0.2) is 4.98 Å². The van der Waals surface area contributed by atoms with E-state index in [1.54, 1.807) is 0 Å². The maximum atomic E-state index is 5.23. The molecule has 0 spiro atoms. The summed E-state index contributed by atoms with van der Waals surface area (Å²) in [5, 5.41) is 0. The molecule has 0 fully saturated rings. The highest BCUT2D eigenvalue weighted by atomic mass is 15.1. The van der Waals surface area contributed by atoms with Gasteiger partial charge >= 0.3 is 0 Å². The van der Waals surface area contributed by atoms with E-state index in [0.29, 0.717) is 0 Å². The van der Waals surface area contributed by atoms with E-state index in [4.69, 9.17) is 4.98 Å². The highest BCUT2D eigenvalue weighted by Crippen LogP contribution is 2.38. The standard InChI is InChI=1S/C29H25N3/c1-31(2)25-20-18-24(19-21-25)29-30-27(22-12-6-3-7-13-22)28(23-14-8-4-9-15-23)32(29)26-16-10-5-11-17-26/h3-21H,1-2H3. The van der Waals surface area contributed by atoms with Gasteiger partial charge in [-0.1, -0.05) is 78.9 Å². The molecule has 5 aromatic rings. The molecular formula is C29H25N3. The van der Waals surface area contributed by atoms with Crippen molar-refractivity contribution in [1.29, 1.82) is 0 Å². The molecule has 0 saturated heterocycles. The zero-order chi connectivity index (χ0) is 21.9. The molecule has 0 amide bonds. The Labute approximate surface area is 189 Å². The van der Waals surface area contributed by atoms with E-state index in [1.807, 2.05) is 12.1 Å². The monoisotopic (exact) mass is 415 g/mol. The molecule has 32 heavy (non-hydrogen) atoms. The van der Waals surface area contributed by atoms with Gasteiger partial charge in [0.15, 0.2) is 0 Å². The van der Waals surface area contributed by atoms with Crippen LogP contribution < -0.4 is 4.90 Å². The van der Waals surface area contributed by atoms with Gasteiger partial charge in [0.2, 0.25) is 0 Å². The third kappa shape index (κ3) is 3.69. The van der Waals surface area contributed by atoms with Crippen LogP contribution in [0.15, 0.2) is 115 Å². The van der Waals surface area contributed by atoms with Crippen molar-refractivity contribution < 1.29 is 0 Å². The number of aromatic nitrogens is 2. The molecule has 0 aliphatic rings. The SMILES string of the molecule is CN(C)c1ccc(-c2nc(-c3ccccc3)c(-c3ccccc3)n2-c2ccccc2)cc1. The highest BCUT2D eigenvalue weighted by molar-refractivity contribution is 5.84. The van der Waals surface area contributed by atoms with E-state index in [0.717, 1.165) is 45.3 Å². The number of hydrogen-bond acceptors (Lipinski definition) is 2. The summed E-state index contributed by atoms with van der Waals surface area (Å²) in [4.78, 5) is 7.34. The van der Waals surface area contributed by atoms with Gasteiger partial charge in [-0.2, -0.15) is 0 Å². The van der Waals surface area contributed by atoms with Gasteiger partial charge in [0.05, 0.1) is 11.4 Å². The summed E-state index contributed by atoms with van der Waals surface area (Å²) in [6.07, 6.45) is 0. The lowest BCUT2D eigenvalue weighted by atomic mass is 10.0. The van der Waals surface area contributed by atoms with Crippen LogP contribution in [0.5, 0.6) is 0 Å². The minimum Gasteiger partial charge on any atom is -0.378 e. The number of nitrogens with zero attached hydrogens (tertiary/aromatic N) is 3. The number of imidazole rings is 1. The normalized spacial score (nSPS) is 10.8. The third-order valence-electron chi connectivity index (χ3n) is 5.63. The van der Waals surface area contributed by atoms with E-state index >= 15 is 0 Å². The Balaban J connectivity index is 1.83. The summed E-state index contributed by atoms with van der Waals surface area (Å²) in [6.45, 7) is 0. The lowest BCUT2D eigenvalue weighted by Gasteiger charge is -2.15. The predicted molar refractivity (Wildman–Crippen MR) is 134 cm³/mol. The summed E-state index contributed by atoms with van der Waals surface area (Å²) in [5.41, 5.74) is 7.65.